The van der Waals surface area contributed by atoms with Gasteiger partial charge in [-0.3, -0.25) is 9.69 Å². The molecule has 30 heavy (non-hydrogen) atoms. The molecule has 0 radical (unpaired) electrons. The number of methoxy groups -OCH3 is 3. The van der Waals surface area contributed by atoms with Crippen LogP contribution in [0.15, 0.2) is 36.4 Å². The van der Waals surface area contributed by atoms with Crippen LogP contribution in [0.3, 0.4) is 0 Å². The van der Waals surface area contributed by atoms with Crippen LogP contribution in [0.2, 0.25) is 0 Å². The summed E-state index contributed by atoms with van der Waals surface area (Å²) in [6.45, 7) is 1.16. The molecular formula is C22H24N2O5S. The highest BCUT2D eigenvalue weighted by atomic mass is 32.1. The lowest BCUT2D eigenvalue weighted by Crippen LogP contribution is -2.37. The summed E-state index contributed by atoms with van der Waals surface area (Å²) in [6, 6.07) is 10.7. The molecule has 158 valence electrons. The Kier molecular flexibility index (Phi) is 6.06. The first kappa shape index (κ1) is 20.4. The maximum Gasteiger partial charge on any atom is 0.260 e. The van der Waals surface area contributed by atoms with Crippen molar-refractivity contribution in [2.75, 3.05) is 39.4 Å². The SMILES string of the molecule is COc1ccc(C(=O)N(CC2CCCO2)c2nc3c(OC)ccc(OC)c3s2)cc1. The number of fused-ring (bicyclic) bond motifs is 1. The first-order chi connectivity index (χ1) is 14.6. The van der Waals surface area contributed by atoms with E-state index in [-0.39, 0.29) is 12.0 Å². The Balaban J connectivity index is 1.75. The van der Waals surface area contributed by atoms with Gasteiger partial charge in [0.1, 0.15) is 27.5 Å². The lowest BCUT2D eigenvalue weighted by molar-refractivity contribution is 0.0917. The minimum absolute atomic E-state index is 0.0111. The predicted octanol–water partition coefficient (Wildman–Crippen LogP) is 4.15. The first-order valence-corrected chi connectivity index (χ1v) is 10.5. The topological polar surface area (TPSA) is 70.1 Å². The van der Waals surface area contributed by atoms with Crippen molar-refractivity contribution in [1.29, 1.82) is 0 Å². The lowest BCUT2D eigenvalue weighted by atomic mass is 10.1. The molecule has 1 fully saturated rings. The molecule has 1 aliphatic rings. The van der Waals surface area contributed by atoms with Gasteiger partial charge in [-0.05, 0) is 49.2 Å². The minimum atomic E-state index is -0.134. The number of thiazole rings is 1. The zero-order valence-electron chi connectivity index (χ0n) is 17.2. The number of aromatic nitrogens is 1. The Morgan fingerprint density at radius 1 is 1.10 bits per heavy atom. The molecule has 7 nitrogen and oxygen atoms in total. The van der Waals surface area contributed by atoms with E-state index in [4.69, 9.17) is 23.9 Å². The average molecular weight is 429 g/mol. The van der Waals surface area contributed by atoms with Gasteiger partial charge in [0.15, 0.2) is 5.13 Å². The van der Waals surface area contributed by atoms with Gasteiger partial charge in [0.2, 0.25) is 0 Å². The van der Waals surface area contributed by atoms with Crippen molar-refractivity contribution in [1.82, 2.24) is 4.98 Å². The van der Waals surface area contributed by atoms with E-state index in [1.807, 2.05) is 12.1 Å². The number of carbonyl (C=O) groups is 1. The number of hydrogen-bond donors (Lipinski definition) is 0. The van der Waals surface area contributed by atoms with Crippen LogP contribution in [-0.2, 0) is 4.74 Å². The number of ether oxygens (including phenoxy) is 4. The normalized spacial score (nSPS) is 15.9. The molecule has 0 bridgehead atoms. The molecule has 1 saturated heterocycles. The third kappa shape index (κ3) is 3.93. The molecule has 0 N–H and O–H groups in total. The van der Waals surface area contributed by atoms with Gasteiger partial charge in [0, 0.05) is 12.2 Å². The van der Waals surface area contributed by atoms with Crippen LogP contribution in [0.5, 0.6) is 17.2 Å². The van der Waals surface area contributed by atoms with Crippen LogP contribution < -0.4 is 19.1 Å². The zero-order chi connectivity index (χ0) is 21.1. The van der Waals surface area contributed by atoms with E-state index in [1.165, 1.54) is 11.3 Å². The fraction of sp³-hybridized carbons (Fsp3) is 0.364. The van der Waals surface area contributed by atoms with Gasteiger partial charge in [-0.25, -0.2) is 4.98 Å². The molecular weight excluding hydrogens is 404 g/mol. The highest BCUT2D eigenvalue weighted by Crippen LogP contribution is 2.40. The van der Waals surface area contributed by atoms with Crippen LogP contribution in [0.1, 0.15) is 23.2 Å². The summed E-state index contributed by atoms with van der Waals surface area (Å²) in [5.74, 6) is 1.91. The number of carbonyl (C=O) groups excluding carboxylic acids is 1. The Hall–Kier alpha value is -2.84. The number of amides is 1. The molecule has 8 heteroatoms. The maximum absolute atomic E-state index is 13.5. The van der Waals surface area contributed by atoms with E-state index in [2.05, 4.69) is 0 Å². The quantitative estimate of drug-likeness (QED) is 0.563. The van der Waals surface area contributed by atoms with Crippen molar-refractivity contribution in [2.45, 2.75) is 18.9 Å². The molecule has 2 heterocycles. The molecule has 0 saturated carbocycles. The van der Waals surface area contributed by atoms with E-state index in [9.17, 15) is 4.79 Å². The minimum Gasteiger partial charge on any atom is -0.497 e. The molecule has 1 unspecified atom stereocenters. The number of hydrogen-bond acceptors (Lipinski definition) is 7. The number of rotatable bonds is 7. The van der Waals surface area contributed by atoms with Crippen molar-refractivity contribution in [2.24, 2.45) is 0 Å². The van der Waals surface area contributed by atoms with Crippen molar-refractivity contribution in [3.8, 4) is 17.2 Å². The summed E-state index contributed by atoms with van der Waals surface area (Å²) < 4.78 is 22.8. The Labute approximate surface area is 179 Å². The average Bonchev–Trinajstić information content (AvgIpc) is 3.46. The number of anilines is 1. The number of nitrogens with zero attached hydrogens (tertiary/aromatic N) is 2. The summed E-state index contributed by atoms with van der Waals surface area (Å²) in [5.41, 5.74) is 1.24. The van der Waals surface area contributed by atoms with Crippen molar-refractivity contribution in [3.05, 3.63) is 42.0 Å². The fourth-order valence-corrected chi connectivity index (χ4v) is 4.60. The van der Waals surface area contributed by atoms with Crippen LogP contribution in [-0.4, -0.2) is 51.5 Å². The maximum atomic E-state index is 13.5. The second-order valence-electron chi connectivity index (χ2n) is 6.92. The van der Waals surface area contributed by atoms with Gasteiger partial charge < -0.3 is 18.9 Å². The highest BCUT2D eigenvalue weighted by Gasteiger charge is 2.28. The molecule has 1 atom stereocenters. The van der Waals surface area contributed by atoms with E-state index in [0.717, 1.165) is 24.1 Å². The molecule has 4 rings (SSSR count). The van der Waals surface area contributed by atoms with Crippen LogP contribution >= 0.6 is 11.3 Å². The summed E-state index contributed by atoms with van der Waals surface area (Å²) in [4.78, 5) is 19.9. The smallest absolute Gasteiger partial charge is 0.260 e. The third-order valence-electron chi connectivity index (χ3n) is 5.12. The second kappa shape index (κ2) is 8.89. The Bertz CT molecular complexity index is 987. The fourth-order valence-electron chi connectivity index (χ4n) is 3.52. The summed E-state index contributed by atoms with van der Waals surface area (Å²) in [6.07, 6.45) is 1.91. The predicted molar refractivity (Wildman–Crippen MR) is 116 cm³/mol. The van der Waals surface area contributed by atoms with Gasteiger partial charge in [-0.1, -0.05) is 11.3 Å². The van der Waals surface area contributed by atoms with E-state index >= 15 is 0 Å². The summed E-state index contributed by atoms with van der Waals surface area (Å²) in [7, 11) is 4.82. The van der Waals surface area contributed by atoms with Crippen LogP contribution in [0, 0.1) is 0 Å². The first-order valence-electron chi connectivity index (χ1n) is 9.73. The Morgan fingerprint density at radius 3 is 2.47 bits per heavy atom. The molecule has 2 aromatic carbocycles. The van der Waals surface area contributed by atoms with Crippen LogP contribution in [0.4, 0.5) is 5.13 Å². The van der Waals surface area contributed by atoms with E-state index in [1.54, 1.807) is 50.5 Å². The molecule has 3 aromatic rings. The van der Waals surface area contributed by atoms with Crippen molar-refractivity contribution >= 4 is 32.6 Å². The van der Waals surface area contributed by atoms with Crippen LogP contribution in [0.25, 0.3) is 10.2 Å². The zero-order valence-corrected chi connectivity index (χ0v) is 18.0. The molecule has 0 spiro atoms. The molecule has 1 amide bonds. The van der Waals surface area contributed by atoms with Gasteiger partial charge >= 0.3 is 0 Å². The van der Waals surface area contributed by atoms with Gasteiger partial charge in [0.25, 0.3) is 5.91 Å². The third-order valence-corrected chi connectivity index (χ3v) is 6.22. The molecule has 1 aromatic heterocycles. The van der Waals surface area contributed by atoms with Crippen molar-refractivity contribution in [3.63, 3.8) is 0 Å². The van der Waals surface area contributed by atoms with E-state index < -0.39 is 0 Å². The van der Waals surface area contributed by atoms with Crippen molar-refractivity contribution < 1.29 is 23.7 Å². The van der Waals surface area contributed by atoms with Gasteiger partial charge in [-0.2, -0.15) is 0 Å². The standard InChI is InChI=1S/C22H24N2O5S/c1-26-15-8-6-14(7-9-15)21(25)24(13-16-5-4-12-29-16)22-23-19-17(27-2)10-11-18(28-3)20(19)30-22/h6-11,16H,4-5,12-13H2,1-3H3. The van der Waals surface area contributed by atoms with Gasteiger partial charge in [0.05, 0.1) is 34.0 Å². The Morgan fingerprint density at radius 2 is 1.83 bits per heavy atom. The highest BCUT2D eigenvalue weighted by molar-refractivity contribution is 7.22. The molecule has 1 aliphatic heterocycles. The molecule has 0 aliphatic carbocycles. The second-order valence-corrected chi connectivity index (χ2v) is 7.90. The lowest BCUT2D eigenvalue weighted by Gasteiger charge is -2.23. The van der Waals surface area contributed by atoms with E-state index in [0.29, 0.717) is 40.0 Å². The number of benzene rings is 2. The van der Waals surface area contributed by atoms with Gasteiger partial charge in [-0.15, -0.1) is 0 Å². The largest absolute Gasteiger partial charge is 0.497 e. The summed E-state index contributed by atoms with van der Waals surface area (Å²) >= 11 is 1.41. The monoisotopic (exact) mass is 428 g/mol. The summed E-state index contributed by atoms with van der Waals surface area (Å²) in [5, 5.41) is 0.587.